The number of rotatable bonds is 2. The summed E-state index contributed by atoms with van der Waals surface area (Å²) in [6.07, 6.45) is 0.682. The Labute approximate surface area is 167 Å². The minimum atomic E-state index is -0.371. The summed E-state index contributed by atoms with van der Waals surface area (Å²) in [6.45, 7) is 6.84. The highest BCUT2D eigenvalue weighted by molar-refractivity contribution is 5.76. The number of fused-ring (bicyclic) bond motifs is 1. The van der Waals surface area contributed by atoms with Gasteiger partial charge in [0.05, 0.1) is 6.54 Å². The first kappa shape index (κ1) is 19.1. The molecule has 0 fully saturated rings. The second kappa shape index (κ2) is 6.98. The van der Waals surface area contributed by atoms with Crippen LogP contribution in [0.5, 0.6) is 0 Å². The first-order valence-corrected chi connectivity index (χ1v) is 9.43. The zero-order valence-electron chi connectivity index (χ0n) is 16.9. The van der Waals surface area contributed by atoms with Crippen LogP contribution in [0.4, 0.5) is 9.18 Å². The minimum absolute atomic E-state index is 0.121. The third-order valence-electron chi connectivity index (χ3n) is 4.72. The molecule has 0 unspecified atom stereocenters. The third-order valence-corrected chi connectivity index (χ3v) is 4.72. The molecule has 1 aliphatic heterocycles. The second-order valence-corrected chi connectivity index (χ2v) is 8.18. The Hall–Kier alpha value is -3.23. The number of nitrogens with one attached hydrogen (secondary N) is 1. The highest BCUT2D eigenvalue weighted by Gasteiger charge is 2.30. The SMILES string of the molecule is Cn1nc(-c2nc(-c3cccc(F)c3)no2)c2c1CCN(C(=O)NC(C)(C)C)C2. The van der Waals surface area contributed by atoms with Crippen LogP contribution in [0.25, 0.3) is 23.0 Å². The summed E-state index contributed by atoms with van der Waals surface area (Å²) in [5.74, 6) is 0.167. The van der Waals surface area contributed by atoms with Crippen molar-refractivity contribution < 1.29 is 13.7 Å². The van der Waals surface area contributed by atoms with Gasteiger partial charge < -0.3 is 14.7 Å². The Bertz CT molecular complexity index is 1070. The topological polar surface area (TPSA) is 89.1 Å². The number of amides is 2. The fourth-order valence-electron chi connectivity index (χ4n) is 3.40. The summed E-state index contributed by atoms with van der Waals surface area (Å²) in [6, 6.07) is 5.89. The zero-order chi connectivity index (χ0) is 20.8. The molecule has 2 aromatic heterocycles. The van der Waals surface area contributed by atoms with Crippen molar-refractivity contribution in [3.63, 3.8) is 0 Å². The highest BCUT2D eigenvalue weighted by Crippen LogP contribution is 2.30. The molecule has 152 valence electrons. The van der Waals surface area contributed by atoms with Crippen molar-refractivity contribution in [1.29, 1.82) is 0 Å². The average Bonchev–Trinajstić information content (AvgIpc) is 3.25. The van der Waals surface area contributed by atoms with Gasteiger partial charge in [-0.05, 0) is 32.9 Å². The van der Waals surface area contributed by atoms with Gasteiger partial charge >= 0.3 is 6.03 Å². The van der Waals surface area contributed by atoms with Crippen molar-refractivity contribution >= 4 is 6.03 Å². The van der Waals surface area contributed by atoms with E-state index in [0.29, 0.717) is 30.8 Å². The van der Waals surface area contributed by atoms with Crippen molar-refractivity contribution in [1.82, 2.24) is 30.1 Å². The summed E-state index contributed by atoms with van der Waals surface area (Å²) in [5, 5.41) is 11.5. The number of benzene rings is 1. The van der Waals surface area contributed by atoms with E-state index >= 15 is 0 Å². The molecule has 0 aliphatic carbocycles. The van der Waals surface area contributed by atoms with Crippen molar-refractivity contribution in [3.8, 4) is 23.0 Å². The zero-order valence-corrected chi connectivity index (χ0v) is 16.9. The van der Waals surface area contributed by atoms with Crippen LogP contribution in [0.2, 0.25) is 0 Å². The largest absolute Gasteiger partial charge is 0.333 e. The second-order valence-electron chi connectivity index (χ2n) is 8.18. The predicted molar refractivity (Wildman–Crippen MR) is 104 cm³/mol. The van der Waals surface area contributed by atoms with Crippen LogP contribution in [-0.4, -0.2) is 42.9 Å². The Kier molecular flexibility index (Phi) is 4.60. The van der Waals surface area contributed by atoms with Crippen LogP contribution in [0.15, 0.2) is 28.8 Å². The lowest BCUT2D eigenvalue weighted by molar-refractivity contribution is 0.183. The lowest BCUT2D eigenvalue weighted by Crippen LogP contribution is -2.49. The number of halogens is 1. The van der Waals surface area contributed by atoms with Gasteiger partial charge in [-0.25, -0.2) is 9.18 Å². The number of carbonyl (C=O) groups is 1. The number of aryl methyl sites for hydroxylation is 1. The molecule has 4 rings (SSSR count). The third kappa shape index (κ3) is 3.85. The number of carbonyl (C=O) groups excluding carboxylic acids is 1. The quantitative estimate of drug-likeness (QED) is 0.716. The molecule has 8 nitrogen and oxygen atoms in total. The van der Waals surface area contributed by atoms with Gasteiger partial charge in [0.2, 0.25) is 5.82 Å². The molecule has 1 aliphatic rings. The molecule has 3 aromatic rings. The summed E-state index contributed by atoms with van der Waals surface area (Å²) in [7, 11) is 1.86. The summed E-state index contributed by atoms with van der Waals surface area (Å²) in [5.41, 5.74) is 2.67. The first-order chi connectivity index (χ1) is 13.7. The monoisotopic (exact) mass is 398 g/mol. The van der Waals surface area contributed by atoms with Crippen LogP contribution < -0.4 is 5.32 Å². The molecule has 0 bridgehead atoms. The van der Waals surface area contributed by atoms with Crippen molar-refractivity contribution in [2.75, 3.05) is 6.54 Å². The van der Waals surface area contributed by atoms with Gasteiger partial charge in [-0.2, -0.15) is 10.1 Å². The van der Waals surface area contributed by atoms with E-state index in [-0.39, 0.29) is 29.1 Å². The van der Waals surface area contributed by atoms with E-state index in [1.54, 1.807) is 21.7 Å². The summed E-state index contributed by atoms with van der Waals surface area (Å²) < 4.78 is 20.7. The standard InChI is InChI=1S/C20H23FN6O2/c1-20(2,3)23-19(28)27-9-8-15-14(11-27)16(24-26(15)4)18-22-17(25-29-18)12-6-5-7-13(21)10-12/h5-7,10H,8-9,11H2,1-4H3,(H,23,28). The van der Waals surface area contributed by atoms with Gasteiger partial charge in [-0.3, -0.25) is 4.68 Å². The molecule has 1 aromatic carbocycles. The van der Waals surface area contributed by atoms with Crippen LogP contribution in [0, 0.1) is 5.82 Å². The molecular weight excluding hydrogens is 375 g/mol. The maximum absolute atomic E-state index is 13.5. The fraction of sp³-hybridized carbons (Fsp3) is 0.400. The van der Waals surface area contributed by atoms with Crippen LogP contribution in [-0.2, 0) is 20.0 Å². The van der Waals surface area contributed by atoms with Gasteiger partial charge in [0.1, 0.15) is 5.82 Å². The van der Waals surface area contributed by atoms with Crippen molar-refractivity contribution in [3.05, 3.63) is 41.3 Å². The molecule has 0 spiro atoms. The molecule has 0 saturated carbocycles. The number of nitrogens with zero attached hydrogens (tertiary/aromatic N) is 5. The molecule has 1 N–H and O–H groups in total. The minimum Gasteiger partial charge on any atom is -0.333 e. The van der Waals surface area contributed by atoms with Gasteiger partial charge in [0, 0.05) is 42.4 Å². The number of aromatic nitrogens is 4. The Morgan fingerprint density at radius 1 is 1.31 bits per heavy atom. The van der Waals surface area contributed by atoms with Gasteiger partial charge in [0.15, 0.2) is 5.69 Å². The van der Waals surface area contributed by atoms with E-state index in [4.69, 9.17) is 4.52 Å². The normalized spacial score (nSPS) is 14.0. The van der Waals surface area contributed by atoms with E-state index in [9.17, 15) is 9.18 Å². The molecule has 29 heavy (non-hydrogen) atoms. The van der Waals surface area contributed by atoms with Crippen LogP contribution in [0.3, 0.4) is 0 Å². The number of hydrogen-bond acceptors (Lipinski definition) is 5. The number of hydrogen-bond donors (Lipinski definition) is 1. The molecule has 0 radical (unpaired) electrons. The highest BCUT2D eigenvalue weighted by atomic mass is 19.1. The van der Waals surface area contributed by atoms with Gasteiger partial charge in [-0.1, -0.05) is 17.3 Å². The van der Waals surface area contributed by atoms with Crippen LogP contribution in [0.1, 0.15) is 32.0 Å². The average molecular weight is 398 g/mol. The van der Waals surface area contributed by atoms with E-state index in [1.807, 2.05) is 27.8 Å². The van der Waals surface area contributed by atoms with Crippen molar-refractivity contribution in [2.45, 2.75) is 39.3 Å². The maximum atomic E-state index is 13.5. The molecule has 0 saturated heterocycles. The molecule has 9 heteroatoms. The van der Waals surface area contributed by atoms with E-state index < -0.39 is 0 Å². The van der Waals surface area contributed by atoms with Gasteiger partial charge in [-0.15, -0.1) is 0 Å². The summed E-state index contributed by atoms with van der Waals surface area (Å²) >= 11 is 0. The Morgan fingerprint density at radius 2 is 2.10 bits per heavy atom. The molecule has 0 atom stereocenters. The van der Waals surface area contributed by atoms with E-state index in [2.05, 4.69) is 20.6 Å². The number of urea groups is 1. The lowest BCUT2D eigenvalue weighted by atomic mass is 10.0. The lowest BCUT2D eigenvalue weighted by Gasteiger charge is -2.31. The van der Waals surface area contributed by atoms with Gasteiger partial charge in [0.25, 0.3) is 5.89 Å². The first-order valence-electron chi connectivity index (χ1n) is 9.43. The molecule has 3 heterocycles. The summed E-state index contributed by atoms with van der Waals surface area (Å²) in [4.78, 5) is 18.8. The molecule has 2 amide bonds. The van der Waals surface area contributed by atoms with E-state index in [1.165, 1.54) is 12.1 Å². The maximum Gasteiger partial charge on any atom is 0.318 e. The fourth-order valence-corrected chi connectivity index (χ4v) is 3.40. The Morgan fingerprint density at radius 3 is 2.83 bits per heavy atom. The predicted octanol–water partition coefficient (Wildman–Crippen LogP) is 3.14. The van der Waals surface area contributed by atoms with Crippen molar-refractivity contribution in [2.24, 2.45) is 7.05 Å². The van der Waals surface area contributed by atoms with E-state index in [0.717, 1.165) is 11.3 Å². The smallest absolute Gasteiger partial charge is 0.318 e. The Balaban J connectivity index is 1.64. The molecular formula is C20H23FN6O2. The van der Waals surface area contributed by atoms with Crippen LogP contribution >= 0.6 is 0 Å².